The number of rotatable bonds is 3. The quantitative estimate of drug-likeness (QED) is 0.679. The SMILES string of the molecule is COCc1nc(Cl)cc(-c2ccc3ccccc3c2)n1. The van der Waals surface area contributed by atoms with Crippen LogP contribution in [-0.2, 0) is 11.3 Å². The van der Waals surface area contributed by atoms with Gasteiger partial charge in [-0.2, -0.15) is 0 Å². The largest absolute Gasteiger partial charge is 0.377 e. The van der Waals surface area contributed by atoms with Crippen LogP contribution >= 0.6 is 11.6 Å². The molecule has 3 nitrogen and oxygen atoms in total. The first-order chi connectivity index (χ1) is 9.76. The Bertz CT molecular complexity index is 758. The van der Waals surface area contributed by atoms with E-state index in [2.05, 4.69) is 34.2 Å². The second kappa shape index (κ2) is 5.57. The normalized spacial score (nSPS) is 10.9. The highest BCUT2D eigenvalue weighted by Gasteiger charge is 2.06. The molecule has 3 rings (SSSR count). The van der Waals surface area contributed by atoms with Crippen LogP contribution in [0.3, 0.4) is 0 Å². The van der Waals surface area contributed by atoms with E-state index in [1.54, 1.807) is 13.2 Å². The predicted molar refractivity (Wildman–Crippen MR) is 80.7 cm³/mol. The van der Waals surface area contributed by atoms with Gasteiger partial charge in [0.2, 0.25) is 0 Å². The van der Waals surface area contributed by atoms with E-state index in [4.69, 9.17) is 16.3 Å². The maximum atomic E-state index is 6.05. The Morgan fingerprint density at radius 1 is 1.00 bits per heavy atom. The Balaban J connectivity index is 2.10. The molecule has 0 radical (unpaired) electrons. The minimum atomic E-state index is 0.348. The van der Waals surface area contributed by atoms with Crippen molar-refractivity contribution in [1.82, 2.24) is 9.97 Å². The molecule has 20 heavy (non-hydrogen) atoms. The van der Waals surface area contributed by atoms with Crippen molar-refractivity contribution in [3.63, 3.8) is 0 Å². The smallest absolute Gasteiger partial charge is 0.156 e. The first-order valence-electron chi connectivity index (χ1n) is 6.28. The van der Waals surface area contributed by atoms with Gasteiger partial charge < -0.3 is 4.74 Å². The van der Waals surface area contributed by atoms with Crippen molar-refractivity contribution in [3.8, 4) is 11.3 Å². The number of methoxy groups -OCH3 is 1. The summed E-state index contributed by atoms with van der Waals surface area (Å²) in [5.74, 6) is 0.586. The van der Waals surface area contributed by atoms with E-state index in [1.165, 1.54) is 10.8 Å². The second-order valence-electron chi connectivity index (χ2n) is 4.49. The van der Waals surface area contributed by atoms with E-state index in [1.807, 2.05) is 18.2 Å². The lowest BCUT2D eigenvalue weighted by atomic mass is 10.1. The van der Waals surface area contributed by atoms with Gasteiger partial charge in [-0.3, -0.25) is 0 Å². The van der Waals surface area contributed by atoms with E-state index in [-0.39, 0.29) is 0 Å². The van der Waals surface area contributed by atoms with Crippen LogP contribution in [0.25, 0.3) is 22.0 Å². The summed E-state index contributed by atoms with van der Waals surface area (Å²) in [5, 5.41) is 2.80. The maximum Gasteiger partial charge on any atom is 0.156 e. The van der Waals surface area contributed by atoms with Crippen molar-refractivity contribution in [2.45, 2.75) is 6.61 Å². The van der Waals surface area contributed by atoms with Gasteiger partial charge >= 0.3 is 0 Å². The molecule has 1 aromatic heterocycles. The minimum Gasteiger partial charge on any atom is -0.377 e. The molecule has 0 bridgehead atoms. The number of fused-ring (bicyclic) bond motifs is 1. The van der Waals surface area contributed by atoms with Gasteiger partial charge in [0.15, 0.2) is 5.82 Å². The molecular weight excluding hydrogens is 272 g/mol. The van der Waals surface area contributed by atoms with E-state index >= 15 is 0 Å². The Kier molecular flexibility index (Phi) is 3.63. The van der Waals surface area contributed by atoms with E-state index in [0.717, 1.165) is 11.3 Å². The fourth-order valence-corrected chi connectivity index (χ4v) is 2.36. The molecule has 100 valence electrons. The predicted octanol–water partition coefficient (Wildman–Crippen LogP) is 4.10. The van der Waals surface area contributed by atoms with Crippen molar-refractivity contribution in [3.05, 3.63) is 59.5 Å². The van der Waals surface area contributed by atoms with Gasteiger partial charge in [0.25, 0.3) is 0 Å². The molecule has 2 aromatic carbocycles. The molecule has 0 N–H and O–H groups in total. The second-order valence-corrected chi connectivity index (χ2v) is 4.87. The average Bonchev–Trinajstić information content (AvgIpc) is 2.46. The fourth-order valence-electron chi connectivity index (χ4n) is 2.15. The zero-order valence-electron chi connectivity index (χ0n) is 11.0. The lowest BCUT2D eigenvalue weighted by molar-refractivity contribution is 0.178. The molecule has 0 atom stereocenters. The van der Waals surface area contributed by atoms with Gasteiger partial charge in [-0.1, -0.05) is 48.0 Å². The zero-order valence-corrected chi connectivity index (χ0v) is 11.8. The number of aromatic nitrogens is 2. The molecule has 0 saturated carbocycles. The van der Waals surface area contributed by atoms with Gasteiger partial charge in [0, 0.05) is 18.7 Å². The van der Waals surface area contributed by atoms with Crippen LogP contribution in [0.4, 0.5) is 0 Å². The highest BCUT2D eigenvalue weighted by Crippen LogP contribution is 2.24. The highest BCUT2D eigenvalue weighted by atomic mass is 35.5. The first kappa shape index (κ1) is 13.0. The summed E-state index contributed by atoms with van der Waals surface area (Å²) in [4.78, 5) is 8.62. The van der Waals surface area contributed by atoms with Gasteiger partial charge in [-0.15, -0.1) is 0 Å². The number of halogens is 1. The number of benzene rings is 2. The van der Waals surface area contributed by atoms with Crippen LogP contribution in [0.5, 0.6) is 0 Å². The van der Waals surface area contributed by atoms with Crippen LogP contribution in [0.15, 0.2) is 48.5 Å². The van der Waals surface area contributed by atoms with Gasteiger partial charge in [0.1, 0.15) is 11.8 Å². The molecule has 4 heteroatoms. The number of hydrogen-bond donors (Lipinski definition) is 0. The Morgan fingerprint density at radius 2 is 1.80 bits per heavy atom. The standard InChI is InChI=1S/C16H13ClN2O/c1-20-10-16-18-14(9-15(17)19-16)13-7-6-11-4-2-3-5-12(11)8-13/h2-9H,10H2,1H3. The molecular formula is C16H13ClN2O. The summed E-state index contributed by atoms with van der Waals surface area (Å²) in [5.41, 5.74) is 1.83. The third kappa shape index (κ3) is 2.64. The maximum absolute atomic E-state index is 6.05. The Labute approximate surface area is 122 Å². The van der Waals surface area contributed by atoms with Crippen LogP contribution in [0.1, 0.15) is 5.82 Å². The third-order valence-corrected chi connectivity index (χ3v) is 3.25. The molecule has 0 unspecified atom stereocenters. The Morgan fingerprint density at radius 3 is 2.60 bits per heavy atom. The number of nitrogens with zero attached hydrogens (tertiary/aromatic N) is 2. The zero-order chi connectivity index (χ0) is 13.9. The molecule has 0 aliphatic rings. The van der Waals surface area contributed by atoms with Crippen LogP contribution < -0.4 is 0 Å². The molecule has 0 saturated heterocycles. The highest BCUT2D eigenvalue weighted by molar-refractivity contribution is 6.29. The van der Waals surface area contributed by atoms with Gasteiger partial charge in [-0.25, -0.2) is 9.97 Å². The molecule has 0 amide bonds. The molecule has 0 aliphatic heterocycles. The summed E-state index contributed by atoms with van der Waals surface area (Å²) < 4.78 is 5.06. The van der Waals surface area contributed by atoms with E-state index in [0.29, 0.717) is 17.6 Å². The minimum absolute atomic E-state index is 0.348. The molecule has 0 aliphatic carbocycles. The molecule has 0 spiro atoms. The lowest BCUT2D eigenvalue weighted by Gasteiger charge is -2.06. The van der Waals surface area contributed by atoms with Gasteiger partial charge in [0.05, 0.1) is 5.69 Å². The topological polar surface area (TPSA) is 35.0 Å². The van der Waals surface area contributed by atoms with Crippen LogP contribution in [0.2, 0.25) is 5.15 Å². The average molecular weight is 285 g/mol. The number of ether oxygens (including phenoxy) is 1. The Hall–Kier alpha value is -1.97. The monoisotopic (exact) mass is 284 g/mol. The molecule has 1 heterocycles. The van der Waals surface area contributed by atoms with Crippen LogP contribution in [-0.4, -0.2) is 17.1 Å². The molecule has 3 aromatic rings. The lowest BCUT2D eigenvalue weighted by Crippen LogP contribution is -1.98. The summed E-state index contributed by atoms with van der Waals surface area (Å²) in [6, 6.07) is 16.2. The summed E-state index contributed by atoms with van der Waals surface area (Å²) in [7, 11) is 1.61. The van der Waals surface area contributed by atoms with Crippen molar-refractivity contribution >= 4 is 22.4 Å². The van der Waals surface area contributed by atoms with Gasteiger partial charge in [-0.05, 0) is 16.8 Å². The van der Waals surface area contributed by atoms with E-state index in [9.17, 15) is 0 Å². The van der Waals surface area contributed by atoms with Crippen molar-refractivity contribution in [1.29, 1.82) is 0 Å². The number of hydrogen-bond acceptors (Lipinski definition) is 3. The summed E-state index contributed by atoms with van der Waals surface area (Å²) >= 11 is 6.05. The molecule has 0 fully saturated rings. The van der Waals surface area contributed by atoms with Crippen molar-refractivity contribution in [2.24, 2.45) is 0 Å². The fraction of sp³-hybridized carbons (Fsp3) is 0.125. The van der Waals surface area contributed by atoms with Crippen molar-refractivity contribution in [2.75, 3.05) is 7.11 Å². The summed E-state index contributed by atoms with van der Waals surface area (Å²) in [6.45, 7) is 0.348. The third-order valence-electron chi connectivity index (χ3n) is 3.06. The van der Waals surface area contributed by atoms with Crippen LogP contribution in [0, 0.1) is 0 Å². The van der Waals surface area contributed by atoms with E-state index < -0.39 is 0 Å². The van der Waals surface area contributed by atoms with Crippen molar-refractivity contribution < 1.29 is 4.74 Å². The first-order valence-corrected chi connectivity index (χ1v) is 6.65. The summed E-state index contributed by atoms with van der Waals surface area (Å²) in [6.07, 6.45) is 0.